The highest BCUT2D eigenvalue weighted by molar-refractivity contribution is 8.02. The Morgan fingerprint density at radius 1 is 1.10 bits per heavy atom. The first-order chi connectivity index (χ1) is 10.4. The zero-order chi connectivity index (χ0) is 14.8. The van der Waals surface area contributed by atoms with Crippen LogP contribution in [0.1, 0.15) is 18.4 Å². The maximum atomic E-state index is 4.31. The smallest absolute Gasteiger partial charge is 0.100 e. The molecular formula is C19H21NS. The van der Waals surface area contributed by atoms with Gasteiger partial charge in [-0.1, -0.05) is 60.3 Å². The van der Waals surface area contributed by atoms with E-state index in [1.807, 2.05) is 30.5 Å². The molecule has 1 nitrogen and oxygen atoms in total. The summed E-state index contributed by atoms with van der Waals surface area (Å²) < 4.78 is 0. The fraction of sp³-hybridized carbons (Fsp3) is 0.211. The van der Waals surface area contributed by atoms with Crippen LogP contribution in [0.3, 0.4) is 0 Å². The third-order valence-corrected chi connectivity index (χ3v) is 4.07. The van der Waals surface area contributed by atoms with E-state index in [2.05, 4.69) is 53.4 Å². The van der Waals surface area contributed by atoms with Gasteiger partial charge in [0.05, 0.1) is 0 Å². The largest absolute Gasteiger partial charge is 0.250 e. The van der Waals surface area contributed by atoms with Crippen LogP contribution < -0.4 is 0 Å². The van der Waals surface area contributed by atoms with Gasteiger partial charge in [0.15, 0.2) is 0 Å². The summed E-state index contributed by atoms with van der Waals surface area (Å²) in [4.78, 5) is 4.31. The molecule has 0 saturated carbocycles. The van der Waals surface area contributed by atoms with Crippen LogP contribution in [0.25, 0.3) is 0 Å². The first-order valence-corrected chi connectivity index (χ1v) is 8.15. The van der Waals surface area contributed by atoms with E-state index in [9.17, 15) is 0 Å². The summed E-state index contributed by atoms with van der Waals surface area (Å²) >= 11 is 1.67. The molecule has 0 aliphatic carbocycles. The highest BCUT2D eigenvalue weighted by Crippen LogP contribution is 2.20. The van der Waals surface area contributed by atoms with Crippen molar-refractivity contribution in [3.63, 3.8) is 0 Å². The fourth-order valence-corrected chi connectivity index (χ4v) is 2.86. The number of hydrogen-bond donors (Lipinski definition) is 0. The van der Waals surface area contributed by atoms with E-state index in [4.69, 9.17) is 0 Å². The standard InChI is InChI=1S/C19H21NS/c1-2-8-17(12-13-18-9-4-3-5-10-18)14-16-21-19-11-6-7-15-20-19/h2-7,9-11,14-17H,1,8,12-13H2/b16-14-. The van der Waals surface area contributed by atoms with Gasteiger partial charge in [-0.05, 0) is 48.3 Å². The van der Waals surface area contributed by atoms with Gasteiger partial charge in [-0.3, -0.25) is 0 Å². The number of pyridine rings is 1. The molecule has 0 aliphatic heterocycles. The summed E-state index contributed by atoms with van der Waals surface area (Å²) in [5, 5.41) is 3.19. The maximum absolute atomic E-state index is 4.31. The van der Waals surface area contributed by atoms with Gasteiger partial charge >= 0.3 is 0 Å². The lowest BCUT2D eigenvalue weighted by Crippen LogP contribution is -1.97. The second kappa shape index (κ2) is 9.19. The SMILES string of the molecule is C=CCC(/C=C\Sc1ccccn1)CCc1ccccc1. The molecule has 1 aromatic carbocycles. The van der Waals surface area contributed by atoms with Crippen LogP contribution >= 0.6 is 11.8 Å². The van der Waals surface area contributed by atoms with Gasteiger partial charge in [0, 0.05) is 6.20 Å². The van der Waals surface area contributed by atoms with Crippen LogP contribution in [-0.4, -0.2) is 4.98 Å². The zero-order valence-corrected chi connectivity index (χ0v) is 13.0. The molecule has 0 amide bonds. The lowest BCUT2D eigenvalue weighted by molar-refractivity contribution is 0.600. The Balaban J connectivity index is 1.85. The first-order valence-electron chi connectivity index (χ1n) is 7.27. The van der Waals surface area contributed by atoms with E-state index < -0.39 is 0 Å². The predicted octanol–water partition coefficient (Wildman–Crippen LogP) is 5.51. The molecule has 2 heteroatoms. The fourth-order valence-electron chi connectivity index (χ4n) is 2.14. The minimum atomic E-state index is 0.541. The molecule has 0 fully saturated rings. The minimum absolute atomic E-state index is 0.541. The van der Waals surface area contributed by atoms with E-state index in [0.717, 1.165) is 24.3 Å². The molecule has 0 spiro atoms. The molecule has 0 radical (unpaired) electrons. The number of aryl methyl sites for hydroxylation is 1. The molecule has 0 saturated heterocycles. The molecule has 0 bridgehead atoms. The quantitative estimate of drug-likeness (QED) is 0.470. The van der Waals surface area contributed by atoms with Crippen molar-refractivity contribution in [2.45, 2.75) is 24.3 Å². The van der Waals surface area contributed by atoms with E-state index in [1.54, 1.807) is 11.8 Å². The monoisotopic (exact) mass is 295 g/mol. The Kier molecular flexibility index (Phi) is 6.82. The van der Waals surface area contributed by atoms with Crippen LogP contribution in [0.5, 0.6) is 0 Å². The third-order valence-electron chi connectivity index (χ3n) is 3.29. The number of thioether (sulfide) groups is 1. The molecule has 1 unspecified atom stereocenters. The number of benzene rings is 1. The molecule has 108 valence electrons. The van der Waals surface area contributed by atoms with Crippen LogP contribution in [0, 0.1) is 5.92 Å². The highest BCUT2D eigenvalue weighted by atomic mass is 32.2. The summed E-state index contributed by atoms with van der Waals surface area (Å²) in [5.74, 6) is 0.541. The second-order valence-corrected chi connectivity index (χ2v) is 5.85. The molecule has 1 aromatic heterocycles. The number of allylic oxidation sites excluding steroid dienone is 2. The predicted molar refractivity (Wildman–Crippen MR) is 92.3 cm³/mol. The van der Waals surface area contributed by atoms with Crippen molar-refractivity contribution in [1.29, 1.82) is 0 Å². The molecule has 21 heavy (non-hydrogen) atoms. The number of nitrogens with zero attached hydrogens (tertiary/aromatic N) is 1. The Labute approximate surface area is 131 Å². The molecule has 0 N–H and O–H groups in total. The first kappa shape index (κ1) is 15.6. The van der Waals surface area contributed by atoms with Crippen LogP contribution in [0.15, 0.2) is 83.9 Å². The summed E-state index contributed by atoms with van der Waals surface area (Å²) in [5.41, 5.74) is 1.40. The van der Waals surface area contributed by atoms with Crippen molar-refractivity contribution in [2.24, 2.45) is 5.92 Å². The van der Waals surface area contributed by atoms with Crippen LogP contribution in [0.4, 0.5) is 0 Å². The Hall–Kier alpha value is -1.80. The van der Waals surface area contributed by atoms with Crippen LogP contribution in [-0.2, 0) is 6.42 Å². The summed E-state index contributed by atoms with van der Waals surface area (Å²) in [7, 11) is 0. The van der Waals surface area contributed by atoms with Gasteiger partial charge in [-0.15, -0.1) is 6.58 Å². The van der Waals surface area contributed by atoms with E-state index >= 15 is 0 Å². The molecule has 1 heterocycles. The molecule has 1 atom stereocenters. The van der Waals surface area contributed by atoms with Crippen molar-refractivity contribution < 1.29 is 0 Å². The van der Waals surface area contributed by atoms with Crippen molar-refractivity contribution in [3.8, 4) is 0 Å². The second-order valence-electron chi connectivity index (χ2n) is 4.92. The maximum Gasteiger partial charge on any atom is 0.100 e. The number of aromatic nitrogens is 1. The topological polar surface area (TPSA) is 12.9 Å². The molecular weight excluding hydrogens is 274 g/mol. The van der Waals surface area contributed by atoms with E-state index in [-0.39, 0.29) is 0 Å². The van der Waals surface area contributed by atoms with Crippen molar-refractivity contribution >= 4 is 11.8 Å². The average Bonchev–Trinajstić information content (AvgIpc) is 2.54. The third kappa shape index (κ3) is 6.01. The van der Waals surface area contributed by atoms with Gasteiger partial charge in [-0.2, -0.15) is 0 Å². The van der Waals surface area contributed by atoms with Crippen molar-refractivity contribution in [2.75, 3.05) is 0 Å². The summed E-state index contributed by atoms with van der Waals surface area (Å²) in [6, 6.07) is 16.6. The van der Waals surface area contributed by atoms with Gasteiger partial charge in [0.25, 0.3) is 0 Å². The van der Waals surface area contributed by atoms with Gasteiger partial charge in [0.2, 0.25) is 0 Å². The van der Waals surface area contributed by atoms with E-state index in [0.29, 0.717) is 5.92 Å². The molecule has 2 rings (SSSR count). The van der Waals surface area contributed by atoms with Crippen LogP contribution in [0.2, 0.25) is 0 Å². The lowest BCUT2D eigenvalue weighted by atomic mass is 9.97. The Bertz CT molecular complexity index is 548. The highest BCUT2D eigenvalue weighted by Gasteiger charge is 2.03. The average molecular weight is 295 g/mol. The van der Waals surface area contributed by atoms with Gasteiger partial charge in [0.1, 0.15) is 5.03 Å². The van der Waals surface area contributed by atoms with Gasteiger partial charge < -0.3 is 0 Å². The van der Waals surface area contributed by atoms with Crippen molar-refractivity contribution in [1.82, 2.24) is 4.98 Å². The summed E-state index contributed by atoms with van der Waals surface area (Å²) in [6.07, 6.45) is 9.39. The van der Waals surface area contributed by atoms with Gasteiger partial charge in [-0.25, -0.2) is 4.98 Å². The van der Waals surface area contributed by atoms with E-state index in [1.165, 1.54) is 5.56 Å². The minimum Gasteiger partial charge on any atom is -0.250 e. The molecule has 0 aliphatic rings. The summed E-state index contributed by atoms with van der Waals surface area (Å²) in [6.45, 7) is 3.87. The van der Waals surface area contributed by atoms with Crippen molar-refractivity contribution in [3.05, 3.63) is 84.4 Å². The Morgan fingerprint density at radius 3 is 2.62 bits per heavy atom. The number of hydrogen-bond acceptors (Lipinski definition) is 2. The normalized spacial score (nSPS) is 12.4. The lowest BCUT2D eigenvalue weighted by Gasteiger charge is -2.10. The Morgan fingerprint density at radius 2 is 1.90 bits per heavy atom. The zero-order valence-electron chi connectivity index (χ0n) is 12.2. The number of rotatable bonds is 8. The molecule has 2 aromatic rings.